The molecule has 5 nitrogen and oxygen atoms in total. The Balaban J connectivity index is 1.77. The Labute approximate surface area is 123 Å². The van der Waals surface area contributed by atoms with Crippen LogP contribution in [0.2, 0.25) is 5.02 Å². The molecule has 0 amide bonds. The first kappa shape index (κ1) is 13.9. The fourth-order valence-electron chi connectivity index (χ4n) is 2.78. The van der Waals surface area contributed by atoms with Gasteiger partial charge in [-0.3, -0.25) is 4.79 Å². The van der Waals surface area contributed by atoms with E-state index in [0.29, 0.717) is 23.2 Å². The summed E-state index contributed by atoms with van der Waals surface area (Å²) < 4.78 is 1.56. The third kappa shape index (κ3) is 2.99. The molecule has 1 aromatic heterocycles. The van der Waals surface area contributed by atoms with Crippen LogP contribution in [0.5, 0.6) is 0 Å². The van der Waals surface area contributed by atoms with Crippen molar-refractivity contribution >= 4 is 17.3 Å². The molecule has 1 aliphatic carbocycles. The first-order valence-electron chi connectivity index (χ1n) is 7.51. The molecule has 0 spiro atoms. The van der Waals surface area contributed by atoms with Gasteiger partial charge in [-0.15, -0.1) is 0 Å². The first-order chi connectivity index (χ1) is 9.74. The molecule has 1 aromatic rings. The van der Waals surface area contributed by atoms with Crippen molar-refractivity contribution in [3.8, 4) is 0 Å². The minimum Gasteiger partial charge on any atom is -0.313 e. The van der Waals surface area contributed by atoms with Crippen LogP contribution in [0, 0.1) is 5.92 Å². The maximum Gasteiger partial charge on any atom is 0.292 e. The molecule has 2 heterocycles. The number of nitrogens with zero attached hydrogens (tertiary/aromatic N) is 3. The zero-order chi connectivity index (χ0) is 13.9. The number of rotatable bonds is 4. The summed E-state index contributed by atoms with van der Waals surface area (Å²) in [4.78, 5) is 12.5. The van der Waals surface area contributed by atoms with Gasteiger partial charge in [0.2, 0.25) is 0 Å². The molecule has 2 fully saturated rings. The lowest BCUT2D eigenvalue weighted by Gasteiger charge is -2.28. The summed E-state index contributed by atoms with van der Waals surface area (Å²) >= 11 is 6.14. The van der Waals surface area contributed by atoms with E-state index in [-0.39, 0.29) is 5.56 Å². The van der Waals surface area contributed by atoms with Gasteiger partial charge in [-0.05, 0) is 31.6 Å². The third-order valence-corrected chi connectivity index (χ3v) is 4.57. The third-order valence-electron chi connectivity index (χ3n) is 4.28. The van der Waals surface area contributed by atoms with Crippen molar-refractivity contribution in [2.75, 3.05) is 18.5 Å². The lowest BCUT2D eigenvalue weighted by molar-refractivity contribution is 0.259. The van der Waals surface area contributed by atoms with Crippen LogP contribution in [-0.2, 0) is 6.54 Å². The van der Waals surface area contributed by atoms with Gasteiger partial charge in [0.1, 0.15) is 5.69 Å². The summed E-state index contributed by atoms with van der Waals surface area (Å²) in [6, 6.07) is 0. The number of nitrogens with one attached hydrogen (secondary N) is 1. The maximum absolute atomic E-state index is 12.5. The van der Waals surface area contributed by atoms with E-state index in [1.165, 1.54) is 25.7 Å². The molecule has 110 valence electrons. The molecule has 1 N–H and O–H groups in total. The van der Waals surface area contributed by atoms with E-state index in [1.54, 1.807) is 10.9 Å². The summed E-state index contributed by atoms with van der Waals surface area (Å²) in [5.41, 5.74) is 3.57. The predicted molar refractivity (Wildman–Crippen MR) is 79.9 cm³/mol. The van der Waals surface area contributed by atoms with Gasteiger partial charge in [-0.2, -0.15) is 5.10 Å². The lowest BCUT2D eigenvalue weighted by atomic mass is 9.85. The average molecular weight is 297 g/mol. The minimum absolute atomic E-state index is 0.102. The maximum atomic E-state index is 12.5. The predicted octanol–water partition coefficient (Wildman–Crippen LogP) is 2.51. The minimum atomic E-state index is -0.102. The molecule has 0 unspecified atom stereocenters. The number of anilines is 1. The Morgan fingerprint density at radius 3 is 2.65 bits per heavy atom. The van der Waals surface area contributed by atoms with Crippen LogP contribution in [0.15, 0.2) is 11.0 Å². The SMILES string of the molecule is O=c1c(NN2CCCCC2)c(Cl)cnn1CC1CCC1. The highest BCUT2D eigenvalue weighted by molar-refractivity contribution is 6.32. The summed E-state index contributed by atoms with van der Waals surface area (Å²) in [5, 5.41) is 6.66. The largest absolute Gasteiger partial charge is 0.313 e. The van der Waals surface area contributed by atoms with Crippen LogP contribution in [0.1, 0.15) is 38.5 Å². The van der Waals surface area contributed by atoms with E-state index in [2.05, 4.69) is 15.5 Å². The van der Waals surface area contributed by atoms with E-state index in [0.717, 1.165) is 25.9 Å². The monoisotopic (exact) mass is 296 g/mol. The van der Waals surface area contributed by atoms with Gasteiger partial charge in [-0.1, -0.05) is 24.4 Å². The van der Waals surface area contributed by atoms with Crippen molar-refractivity contribution in [3.05, 3.63) is 21.6 Å². The van der Waals surface area contributed by atoms with Crippen molar-refractivity contribution in [2.45, 2.75) is 45.1 Å². The summed E-state index contributed by atoms with van der Waals surface area (Å²) in [7, 11) is 0. The fourth-order valence-corrected chi connectivity index (χ4v) is 2.95. The van der Waals surface area contributed by atoms with Gasteiger partial charge in [0.25, 0.3) is 5.56 Å². The van der Waals surface area contributed by atoms with Crippen LogP contribution < -0.4 is 11.0 Å². The fraction of sp³-hybridized carbons (Fsp3) is 0.714. The highest BCUT2D eigenvalue weighted by atomic mass is 35.5. The Morgan fingerprint density at radius 1 is 1.25 bits per heavy atom. The van der Waals surface area contributed by atoms with Crippen molar-refractivity contribution in [1.29, 1.82) is 0 Å². The van der Waals surface area contributed by atoms with Crippen LogP contribution in [-0.4, -0.2) is 27.9 Å². The molecule has 20 heavy (non-hydrogen) atoms. The van der Waals surface area contributed by atoms with Crippen LogP contribution >= 0.6 is 11.6 Å². The summed E-state index contributed by atoms with van der Waals surface area (Å²) in [6.45, 7) is 2.63. The van der Waals surface area contributed by atoms with E-state index in [1.807, 2.05) is 0 Å². The molecule has 0 atom stereocenters. The highest BCUT2D eigenvalue weighted by Gasteiger charge is 2.21. The molecule has 1 aliphatic heterocycles. The molecular weight excluding hydrogens is 276 g/mol. The van der Waals surface area contributed by atoms with E-state index in [4.69, 9.17) is 11.6 Å². The van der Waals surface area contributed by atoms with Crippen LogP contribution in [0.3, 0.4) is 0 Å². The normalized spacial score (nSPS) is 20.6. The Kier molecular flexibility index (Phi) is 4.27. The lowest BCUT2D eigenvalue weighted by Crippen LogP contribution is -2.39. The standard InChI is InChI=1S/C14H21ClN4O/c15-12-9-16-19(10-11-5-4-6-11)14(20)13(12)17-18-7-2-1-3-8-18/h9,11,17H,1-8,10H2. The topological polar surface area (TPSA) is 50.2 Å². The quantitative estimate of drug-likeness (QED) is 0.927. The molecule has 2 aliphatic rings. The molecule has 6 heteroatoms. The number of halogens is 1. The van der Waals surface area contributed by atoms with Crippen LogP contribution in [0.25, 0.3) is 0 Å². The second-order valence-electron chi connectivity index (χ2n) is 5.81. The van der Waals surface area contributed by atoms with E-state index >= 15 is 0 Å². The second kappa shape index (κ2) is 6.14. The van der Waals surface area contributed by atoms with Crippen molar-refractivity contribution in [2.24, 2.45) is 5.92 Å². The zero-order valence-electron chi connectivity index (χ0n) is 11.6. The summed E-state index contributed by atoms with van der Waals surface area (Å²) in [6.07, 6.45) is 8.82. The Morgan fingerprint density at radius 2 is 2.00 bits per heavy atom. The van der Waals surface area contributed by atoms with Gasteiger partial charge < -0.3 is 5.43 Å². The highest BCUT2D eigenvalue weighted by Crippen LogP contribution is 2.27. The van der Waals surface area contributed by atoms with Crippen LogP contribution in [0.4, 0.5) is 5.69 Å². The van der Waals surface area contributed by atoms with Crippen molar-refractivity contribution < 1.29 is 0 Å². The van der Waals surface area contributed by atoms with Crippen molar-refractivity contribution in [3.63, 3.8) is 0 Å². The van der Waals surface area contributed by atoms with Gasteiger partial charge in [0, 0.05) is 19.6 Å². The molecule has 3 rings (SSSR count). The number of hydrogen-bond donors (Lipinski definition) is 1. The van der Waals surface area contributed by atoms with E-state index < -0.39 is 0 Å². The summed E-state index contributed by atoms with van der Waals surface area (Å²) in [5.74, 6) is 0.601. The van der Waals surface area contributed by atoms with Gasteiger partial charge in [0.15, 0.2) is 0 Å². The molecule has 0 aromatic carbocycles. The number of hydrogen-bond acceptors (Lipinski definition) is 4. The van der Waals surface area contributed by atoms with Gasteiger partial charge in [-0.25, -0.2) is 9.69 Å². The Hall–Kier alpha value is -1.07. The number of hydrazine groups is 1. The van der Waals surface area contributed by atoms with Gasteiger partial charge >= 0.3 is 0 Å². The Bertz CT molecular complexity index is 520. The number of piperidine rings is 1. The second-order valence-corrected chi connectivity index (χ2v) is 6.22. The van der Waals surface area contributed by atoms with E-state index in [9.17, 15) is 4.79 Å². The smallest absolute Gasteiger partial charge is 0.292 e. The average Bonchev–Trinajstić information content (AvgIpc) is 2.42. The molecule has 1 saturated carbocycles. The molecule has 1 saturated heterocycles. The number of aromatic nitrogens is 2. The van der Waals surface area contributed by atoms with Crippen molar-refractivity contribution in [1.82, 2.24) is 14.8 Å². The zero-order valence-corrected chi connectivity index (χ0v) is 12.4. The first-order valence-corrected chi connectivity index (χ1v) is 7.89. The molecule has 0 radical (unpaired) electrons. The molecular formula is C14H21ClN4O. The molecule has 0 bridgehead atoms. The van der Waals surface area contributed by atoms with Gasteiger partial charge in [0.05, 0.1) is 11.2 Å².